The number of anilines is 1. The molecule has 0 aliphatic carbocycles. The summed E-state index contributed by atoms with van der Waals surface area (Å²) in [6.07, 6.45) is 0.939. The molecular formula is C20H20ClN3O3. The zero-order chi connectivity index (χ0) is 19.2. The molecule has 140 valence electrons. The number of nitrogens with one attached hydrogen (secondary N) is 1. The Balaban J connectivity index is 1.46. The highest BCUT2D eigenvalue weighted by atomic mass is 35.5. The van der Waals surface area contributed by atoms with E-state index in [1.54, 1.807) is 24.3 Å². The minimum absolute atomic E-state index is 0.321. The SMILES string of the molecule is CC1=NN(c2ccc(C(=O)OCC(=O)NCc3cccc(Cl)c3)cc2)CC1. The number of rotatable bonds is 6. The summed E-state index contributed by atoms with van der Waals surface area (Å²) in [6.45, 7) is 2.81. The minimum atomic E-state index is -0.541. The molecule has 3 rings (SSSR count). The Morgan fingerprint density at radius 1 is 1.22 bits per heavy atom. The van der Waals surface area contributed by atoms with Gasteiger partial charge in [0.2, 0.25) is 0 Å². The van der Waals surface area contributed by atoms with Gasteiger partial charge in [0.25, 0.3) is 5.91 Å². The monoisotopic (exact) mass is 385 g/mol. The Labute approximate surface area is 162 Å². The highest BCUT2D eigenvalue weighted by Gasteiger charge is 2.14. The Morgan fingerprint density at radius 3 is 2.67 bits per heavy atom. The number of halogens is 1. The van der Waals surface area contributed by atoms with Crippen LogP contribution in [0.5, 0.6) is 0 Å². The van der Waals surface area contributed by atoms with Gasteiger partial charge in [0.05, 0.1) is 11.3 Å². The van der Waals surface area contributed by atoms with Gasteiger partial charge in [-0.05, 0) is 48.9 Å². The van der Waals surface area contributed by atoms with Gasteiger partial charge in [-0.2, -0.15) is 5.10 Å². The Kier molecular flexibility index (Phi) is 6.08. The van der Waals surface area contributed by atoms with E-state index in [-0.39, 0.29) is 12.5 Å². The molecule has 0 atom stereocenters. The second-order valence-corrected chi connectivity index (χ2v) is 6.67. The highest BCUT2D eigenvalue weighted by Crippen LogP contribution is 2.20. The summed E-state index contributed by atoms with van der Waals surface area (Å²) in [5.41, 5.74) is 3.27. The summed E-state index contributed by atoms with van der Waals surface area (Å²) < 4.78 is 5.07. The molecule has 1 aliphatic rings. The molecule has 0 aromatic heterocycles. The molecule has 1 aliphatic heterocycles. The van der Waals surface area contributed by atoms with E-state index >= 15 is 0 Å². The summed E-state index contributed by atoms with van der Waals surface area (Å²) in [5, 5.41) is 9.60. The lowest BCUT2D eigenvalue weighted by Gasteiger charge is -2.13. The smallest absolute Gasteiger partial charge is 0.338 e. The van der Waals surface area contributed by atoms with Gasteiger partial charge in [-0.3, -0.25) is 9.80 Å². The zero-order valence-corrected chi connectivity index (χ0v) is 15.7. The fourth-order valence-corrected chi connectivity index (χ4v) is 2.86. The molecule has 0 spiro atoms. The van der Waals surface area contributed by atoms with Crippen molar-refractivity contribution in [2.75, 3.05) is 18.2 Å². The van der Waals surface area contributed by atoms with Gasteiger partial charge in [-0.1, -0.05) is 23.7 Å². The molecule has 2 aromatic rings. The Bertz CT molecular complexity index is 865. The number of nitrogens with zero attached hydrogens (tertiary/aromatic N) is 2. The molecule has 6 nitrogen and oxygen atoms in total. The third-order valence-corrected chi connectivity index (χ3v) is 4.33. The fourth-order valence-electron chi connectivity index (χ4n) is 2.64. The van der Waals surface area contributed by atoms with Crippen molar-refractivity contribution in [1.29, 1.82) is 0 Å². The minimum Gasteiger partial charge on any atom is -0.452 e. The van der Waals surface area contributed by atoms with Crippen LogP contribution in [0.2, 0.25) is 5.02 Å². The van der Waals surface area contributed by atoms with Gasteiger partial charge < -0.3 is 10.1 Å². The standard InChI is InChI=1S/C20H20ClN3O3/c1-14-9-10-24(23-14)18-7-5-16(6-8-18)20(26)27-13-19(25)22-12-15-3-2-4-17(21)11-15/h2-8,11H,9-10,12-13H2,1H3,(H,22,25). The van der Waals surface area contributed by atoms with Crippen LogP contribution in [0.3, 0.4) is 0 Å². The molecule has 1 heterocycles. The number of carbonyl (C=O) groups is 2. The van der Waals surface area contributed by atoms with Gasteiger partial charge in [0.1, 0.15) is 0 Å². The molecule has 0 unspecified atom stereocenters. The number of hydrazone groups is 1. The number of amides is 1. The van der Waals surface area contributed by atoms with Crippen molar-refractivity contribution in [3.05, 3.63) is 64.7 Å². The first-order valence-electron chi connectivity index (χ1n) is 8.61. The van der Waals surface area contributed by atoms with E-state index in [1.165, 1.54) is 0 Å². The average molecular weight is 386 g/mol. The zero-order valence-electron chi connectivity index (χ0n) is 14.9. The lowest BCUT2D eigenvalue weighted by Crippen LogP contribution is -2.28. The van der Waals surface area contributed by atoms with Crippen molar-refractivity contribution < 1.29 is 14.3 Å². The fraction of sp³-hybridized carbons (Fsp3) is 0.250. The van der Waals surface area contributed by atoms with E-state index in [0.29, 0.717) is 17.1 Å². The average Bonchev–Trinajstić information content (AvgIpc) is 3.11. The molecular weight excluding hydrogens is 366 g/mol. The van der Waals surface area contributed by atoms with Crippen LogP contribution in [0.15, 0.2) is 53.6 Å². The van der Waals surface area contributed by atoms with Crippen LogP contribution in [-0.4, -0.2) is 30.7 Å². The lowest BCUT2D eigenvalue weighted by atomic mass is 10.2. The van der Waals surface area contributed by atoms with Crippen LogP contribution >= 0.6 is 11.6 Å². The third-order valence-electron chi connectivity index (χ3n) is 4.09. The van der Waals surface area contributed by atoms with Crippen molar-refractivity contribution in [3.8, 4) is 0 Å². The number of hydrogen-bond acceptors (Lipinski definition) is 5. The quantitative estimate of drug-likeness (QED) is 0.773. The van der Waals surface area contributed by atoms with Crippen LogP contribution in [-0.2, 0) is 16.1 Å². The topological polar surface area (TPSA) is 71.0 Å². The highest BCUT2D eigenvalue weighted by molar-refractivity contribution is 6.30. The molecule has 0 bridgehead atoms. The van der Waals surface area contributed by atoms with Gasteiger partial charge in [-0.15, -0.1) is 0 Å². The molecule has 1 amide bonds. The summed E-state index contributed by atoms with van der Waals surface area (Å²) in [5.74, 6) is -0.914. The Hall–Kier alpha value is -2.86. The van der Waals surface area contributed by atoms with E-state index < -0.39 is 5.97 Å². The van der Waals surface area contributed by atoms with Crippen molar-refractivity contribution in [2.45, 2.75) is 19.9 Å². The molecule has 1 N–H and O–H groups in total. The Morgan fingerprint density at radius 2 is 2.00 bits per heavy atom. The second kappa shape index (κ2) is 8.68. The van der Waals surface area contributed by atoms with E-state index in [2.05, 4.69) is 10.4 Å². The number of carbonyl (C=O) groups excluding carboxylic acids is 2. The van der Waals surface area contributed by atoms with Crippen molar-refractivity contribution in [3.63, 3.8) is 0 Å². The molecule has 2 aromatic carbocycles. The summed E-state index contributed by atoms with van der Waals surface area (Å²) in [4.78, 5) is 23.9. The van der Waals surface area contributed by atoms with Gasteiger partial charge in [0, 0.05) is 30.2 Å². The van der Waals surface area contributed by atoms with Gasteiger partial charge >= 0.3 is 5.97 Å². The number of benzene rings is 2. The second-order valence-electron chi connectivity index (χ2n) is 6.24. The summed E-state index contributed by atoms with van der Waals surface area (Å²) in [7, 11) is 0. The first-order valence-corrected chi connectivity index (χ1v) is 8.99. The molecule has 0 saturated heterocycles. The van der Waals surface area contributed by atoms with Crippen molar-refractivity contribution in [1.82, 2.24) is 5.32 Å². The molecule has 0 radical (unpaired) electrons. The number of ether oxygens (including phenoxy) is 1. The van der Waals surface area contributed by atoms with Crippen LogP contribution in [0, 0.1) is 0 Å². The van der Waals surface area contributed by atoms with Crippen molar-refractivity contribution >= 4 is 34.9 Å². The maximum Gasteiger partial charge on any atom is 0.338 e. The first kappa shape index (κ1) is 18.9. The van der Waals surface area contributed by atoms with E-state index in [0.717, 1.165) is 29.9 Å². The summed E-state index contributed by atoms with van der Waals surface area (Å²) in [6, 6.07) is 14.2. The largest absolute Gasteiger partial charge is 0.452 e. The van der Waals surface area contributed by atoms with Gasteiger partial charge in [0.15, 0.2) is 6.61 Å². The van der Waals surface area contributed by atoms with Crippen LogP contribution < -0.4 is 10.3 Å². The summed E-state index contributed by atoms with van der Waals surface area (Å²) >= 11 is 5.90. The van der Waals surface area contributed by atoms with Crippen molar-refractivity contribution in [2.24, 2.45) is 5.10 Å². The van der Waals surface area contributed by atoms with Crippen LogP contribution in [0.25, 0.3) is 0 Å². The maximum atomic E-state index is 12.1. The van der Waals surface area contributed by atoms with E-state index in [1.807, 2.05) is 36.2 Å². The first-order chi connectivity index (χ1) is 13.0. The molecule has 0 fully saturated rings. The molecule has 7 heteroatoms. The normalized spacial score (nSPS) is 13.3. The number of hydrogen-bond donors (Lipinski definition) is 1. The van der Waals surface area contributed by atoms with Gasteiger partial charge in [-0.25, -0.2) is 4.79 Å². The molecule has 27 heavy (non-hydrogen) atoms. The maximum absolute atomic E-state index is 12.1. The number of esters is 1. The van der Waals surface area contributed by atoms with E-state index in [9.17, 15) is 9.59 Å². The van der Waals surface area contributed by atoms with Crippen LogP contribution in [0.4, 0.5) is 5.69 Å². The van der Waals surface area contributed by atoms with E-state index in [4.69, 9.17) is 16.3 Å². The predicted molar refractivity (Wildman–Crippen MR) is 105 cm³/mol. The predicted octanol–water partition coefficient (Wildman–Crippen LogP) is 3.40. The van der Waals surface area contributed by atoms with Crippen LogP contribution in [0.1, 0.15) is 29.3 Å². The lowest BCUT2D eigenvalue weighted by molar-refractivity contribution is -0.124. The molecule has 0 saturated carbocycles. The third kappa shape index (κ3) is 5.31.